The Kier molecular flexibility index (Phi) is 8.98. The highest BCUT2D eigenvalue weighted by molar-refractivity contribution is 6.76. The van der Waals surface area contributed by atoms with Gasteiger partial charge in [0.1, 0.15) is 18.2 Å². The molecule has 1 heterocycles. The summed E-state index contributed by atoms with van der Waals surface area (Å²) >= 11 is 17.0. The van der Waals surface area contributed by atoms with Gasteiger partial charge >= 0.3 is 5.97 Å². The third-order valence-electron chi connectivity index (χ3n) is 4.52. The van der Waals surface area contributed by atoms with Gasteiger partial charge in [0, 0.05) is 0 Å². The van der Waals surface area contributed by atoms with E-state index in [0.717, 1.165) is 5.56 Å². The van der Waals surface area contributed by atoms with E-state index in [-0.39, 0.29) is 6.61 Å². The Balaban J connectivity index is 2.33. The summed E-state index contributed by atoms with van der Waals surface area (Å²) in [5.74, 6) is -1.67. The van der Waals surface area contributed by atoms with Crippen LogP contribution in [-0.4, -0.2) is 63.1 Å². The van der Waals surface area contributed by atoms with Crippen LogP contribution in [0.3, 0.4) is 0 Å². The zero-order valence-electron chi connectivity index (χ0n) is 17.3. The first kappa shape index (κ1) is 26.1. The number of carbonyl (C=O) groups excluding carboxylic acids is 2. The van der Waals surface area contributed by atoms with Crippen LogP contribution >= 0.6 is 34.8 Å². The second kappa shape index (κ2) is 10.7. The normalized spacial score (nSPS) is 26.9. The van der Waals surface area contributed by atoms with Crippen LogP contribution in [0.15, 0.2) is 30.3 Å². The summed E-state index contributed by atoms with van der Waals surface area (Å²) in [6.07, 6.45) is -5.18. The van der Waals surface area contributed by atoms with Crippen LogP contribution in [-0.2, 0) is 30.4 Å². The van der Waals surface area contributed by atoms with E-state index in [4.69, 9.17) is 49.0 Å². The number of alkyl halides is 3. The summed E-state index contributed by atoms with van der Waals surface area (Å²) in [5, 5.41) is 22.7. The summed E-state index contributed by atoms with van der Waals surface area (Å²) in [6.45, 7) is 4.37. The van der Waals surface area contributed by atoms with Crippen molar-refractivity contribution in [1.29, 1.82) is 0 Å². The Bertz CT molecular complexity index is 751. The van der Waals surface area contributed by atoms with E-state index in [2.05, 4.69) is 5.32 Å². The molecule has 1 amide bonds. The van der Waals surface area contributed by atoms with Gasteiger partial charge in [0.15, 0.2) is 12.4 Å². The minimum atomic E-state index is -2.32. The van der Waals surface area contributed by atoms with Gasteiger partial charge in [-0.15, -0.1) is 0 Å². The second-order valence-electron chi connectivity index (χ2n) is 8.13. The van der Waals surface area contributed by atoms with Crippen LogP contribution < -0.4 is 5.32 Å². The lowest BCUT2D eigenvalue weighted by Crippen LogP contribution is -2.67. The summed E-state index contributed by atoms with van der Waals surface area (Å²) in [5.41, 5.74) is -0.107. The molecule has 0 spiro atoms. The van der Waals surface area contributed by atoms with E-state index in [0.29, 0.717) is 0 Å². The molecule has 1 fully saturated rings. The van der Waals surface area contributed by atoms with E-state index >= 15 is 0 Å². The van der Waals surface area contributed by atoms with E-state index in [1.54, 1.807) is 20.8 Å². The summed E-state index contributed by atoms with van der Waals surface area (Å²) < 4.78 is 14.6. The Hall–Kier alpha value is -1.13. The highest BCUT2D eigenvalue weighted by Gasteiger charge is 2.50. The number of rotatable bonds is 6. The molecule has 5 atom stereocenters. The van der Waals surface area contributed by atoms with Gasteiger partial charge in [-0.05, 0) is 26.3 Å². The first-order valence-electron chi connectivity index (χ1n) is 9.53. The average Bonchev–Trinajstić information content (AvgIpc) is 2.69. The molecule has 1 aromatic rings. The van der Waals surface area contributed by atoms with Crippen LogP contribution in [0.2, 0.25) is 0 Å². The lowest BCUT2D eigenvalue weighted by molar-refractivity contribution is -0.278. The third-order valence-corrected chi connectivity index (χ3v) is 5.04. The minimum Gasteiger partial charge on any atom is -0.457 e. The molecular weight excluding hydrogens is 473 g/mol. The predicted octanol–water partition coefficient (Wildman–Crippen LogP) is 2.09. The quantitative estimate of drug-likeness (QED) is 0.406. The summed E-state index contributed by atoms with van der Waals surface area (Å²) in [7, 11) is 0. The number of aliphatic hydroxyl groups excluding tert-OH is 2. The number of esters is 1. The maximum absolute atomic E-state index is 12.5. The standard InChI is InChI=1S/C20H26Cl3NO7/c1-19(2,3)18(28)31-15-13(24-17(27)20(21,22)23)16(30-12(9-25)14(15)26)29-10-11-7-5-4-6-8-11/h4-8,12-16,25-26H,9-10H2,1-3H3,(H,24,27)/t12-,13-,14-,15-,16-/m1/s1. The van der Waals surface area contributed by atoms with E-state index in [1.165, 1.54) is 0 Å². The number of amides is 1. The first-order chi connectivity index (χ1) is 14.3. The highest BCUT2D eigenvalue weighted by atomic mass is 35.6. The fourth-order valence-corrected chi connectivity index (χ4v) is 2.95. The number of aliphatic hydroxyl groups is 2. The lowest BCUT2D eigenvalue weighted by Gasteiger charge is -2.44. The molecule has 1 aliphatic rings. The van der Waals surface area contributed by atoms with Crippen molar-refractivity contribution in [2.24, 2.45) is 5.41 Å². The van der Waals surface area contributed by atoms with E-state index in [9.17, 15) is 19.8 Å². The van der Waals surface area contributed by atoms with E-state index in [1.807, 2.05) is 30.3 Å². The maximum Gasteiger partial charge on any atom is 0.311 e. The molecule has 0 saturated carbocycles. The van der Waals surface area contributed by atoms with Gasteiger partial charge in [0.2, 0.25) is 0 Å². The van der Waals surface area contributed by atoms with Gasteiger partial charge < -0.3 is 29.7 Å². The van der Waals surface area contributed by atoms with Crippen LogP contribution in [0.5, 0.6) is 0 Å². The van der Waals surface area contributed by atoms with Crippen LogP contribution in [0.4, 0.5) is 0 Å². The van der Waals surface area contributed by atoms with Gasteiger partial charge in [0.25, 0.3) is 9.70 Å². The Labute approximate surface area is 195 Å². The van der Waals surface area contributed by atoms with Crippen molar-refractivity contribution in [3.8, 4) is 0 Å². The number of hydrogen-bond acceptors (Lipinski definition) is 7. The van der Waals surface area contributed by atoms with Crippen molar-refractivity contribution in [2.45, 2.75) is 61.8 Å². The van der Waals surface area contributed by atoms with Crippen LogP contribution in [0.25, 0.3) is 0 Å². The molecule has 0 aliphatic carbocycles. The van der Waals surface area contributed by atoms with Crippen LogP contribution in [0, 0.1) is 5.41 Å². The van der Waals surface area contributed by atoms with Gasteiger partial charge in [-0.1, -0.05) is 65.1 Å². The first-order valence-corrected chi connectivity index (χ1v) is 10.7. The van der Waals surface area contributed by atoms with E-state index < -0.39 is 58.3 Å². The summed E-state index contributed by atoms with van der Waals surface area (Å²) in [6, 6.07) is 7.87. The fourth-order valence-electron chi connectivity index (χ4n) is 2.79. The van der Waals surface area contributed by atoms with Gasteiger partial charge in [0.05, 0.1) is 18.6 Å². The Morgan fingerprint density at radius 3 is 2.29 bits per heavy atom. The van der Waals surface area contributed by atoms with Gasteiger partial charge in [-0.3, -0.25) is 9.59 Å². The monoisotopic (exact) mass is 497 g/mol. The molecular formula is C20H26Cl3NO7. The largest absolute Gasteiger partial charge is 0.457 e. The number of carbonyl (C=O) groups is 2. The molecule has 31 heavy (non-hydrogen) atoms. The number of nitrogens with one attached hydrogen (secondary N) is 1. The second-order valence-corrected chi connectivity index (χ2v) is 10.4. The third kappa shape index (κ3) is 7.18. The average molecular weight is 499 g/mol. The summed E-state index contributed by atoms with van der Waals surface area (Å²) in [4.78, 5) is 24.9. The molecule has 1 saturated heterocycles. The van der Waals surface area contributed by atoms with Crippen molar-refractivity contribution >= 4 is 46.7 Å². The Morgan fingerprint density at radius 1 is 1.16 bits per heavy atom. The fraction of sp³-hybridized carbons (Fsp3) is 0.600. The van der Waals surface area contributed by atoms with Crippen LogP contribution in [0.1, 0.15) is 26.3 Å². The van der Waals surface area contributed by atoms with Crippen molar-refractivity contribution in [3.05, 3.63) is 35.9 Å². The smallest absolute Gasteiger partial charge is 0.311 e. The van der Waals surface area contributed by atoms with Crippen molar-refractivity contribution in [3.63, 3.8) is 0 Å². The lowest BCUT2D eigenvalue weighted by atomic mass is 9.94. The SMILES string of the molecule is CC(C)(C)C(=O)O[C@H]1[C@H](O)[C@@H](CO)O[C@@H](OCc2ccccc2)[C@@H]1NC(=O)C(Cl)(Cl)Cl. The van der Waals surface area contributed by atoms with Crippen molar-refractivity contribution < 1.29 is 34.0 Å². The molecule has 8 nitrogen and oxygen atoms in total. The zero-order valence-corrected chi connectivity index (χ0v) is 19.5. The Morgan fingerprint density at radius 2 is 1.77 bits per heavy atom. The van der Waals surface area contributed by atoms with Crippen molar-refractivity contribution in [1.82, 2.24) is 5.32 Å². The zero-order chi connectivity index (χ0) is 23.4. The van der Waals surface area contributed by atoms with Gasteiger partial charge in [-0.25, -0.2) is 0 Å². The molecule has 174 valence electrons. The molecule has 0 aromatic heterocycles. The highest BCUT2D eigenvalue weighted by Crippen LogP contribution is 2.31. The number of benzene rings is 1. The maximum atomic E-state index is 12.5. The predicted molar refractivity (Wildman–Crippen MR) is 115 cm³/mol. The number of halogens is 3. The van der Waals surface area contributed by atoms with Gasteiger partial charge in [-0.2, -0.15) is 0 Å². The number of ether oxygens (including phenoxy) is 3. The molecule has 11 heteroatoms. The number of hydrogen-bond donors (Lipinski definition) is 3. The molecule has 1 aromatic carbocycles. The van der Waals surface area contributed by atoms with Crippen molar-refractivity contribution in [2.75, 3.05) is 6.61 Å². The molecule has 0 bridgehead atoms. The molecule has 1 aliphatic heterocycles. The molecule has 3 N–H and O–H groups in total. The molecule has 0 unspecified atom stereocenters. The minimum absolute atomic E-state index is 0.0693. The molecule has 0 radical (unpaired) electrons. The molecule has 2 rings (SSSR count). The topological polar surface area (TPSA) is 114 Å².